The molecule has 0 spiro atoms. The van der Waals surface area contributed by atoms with Crippen molar-refractivity contribution in [2.24, 2.45) is 0 Å². The Labute approximate surface area is 113 Å². The summed E-state index contributed by atoms with van der Waals surface area (Å²) < 4.78 is 19.6. The SMILES string of the molecule is Cc1cc(Br)ccc1Oc1ccc(F)cc1C#N. The molecule has 4 heteroatoms. The molecule has 0 radical (unpaired) electrons. The zero-order valence-electron chi connectivity index (χ0n) is 9.58. The number of aryl methyl sites for hydroxylation is 1. The summed E-state index contributed by atoms with van der Waals surface area (Å²) in [5.41, 5.74) is 1.11. The Hall–Kier alpha value is -1.86. The van der Waals surface area contributed by atoms with E-state index in [0.717, 1.165) is 16.1 Å². The van der Waals surface area contributed by atoms with Crippen LogP contribution in [0, 0.1) is 24.1 Å². The molecule has 0 saturated carbocycles. The van der Waals surface area contributed by atoms with Gasteiger partial charge in [-0.25, -0.2) is 4.39 Å². The van der Waals surface area contributed by atoms with Gasteiger partial charge in [0.2, 0.25) is 0 Å². The van der Waals surface area contributed by atoms with Crippen LogP contribution in [0.1, 0.15) is 11.1 Å². The van der Waals surface area contributed by atoms with Crippen molar-refractivity contribution in [3.8, 4) is 17.6 Å². The van der Waals surface area contributed by atoms with E-state index in [-0.39, 0.29) is 5.56 Å². The Morgan fingerprint density at radius 3 is 2.56 bits per heavy atom. The average Bonchev–Trinajstić information content (AvgIpc) is 2.34. The van der Waals surface area contributed by atoms with Crippen molar-refractivity contribution in [2.45, 2.75) is 6.92 Å². The Kier molecular flexibility index (Phi) is 3.63. The summed E-state index contributed by atoms with van der Waals surface area (Å²) in [6, 6.07) is 11.3. The highest BCUT2D eigenvalue weighted by Crippen LogP contribution is 2.29. The van der Waals surface area contributed by atoms with Crippen LogP contribution in [0.15, 0.2) is 40.9 Å². The van der Waals surface area contributed by atoms with Gasteiger partial charge in [-0.15, -0.1) is 0 Å². The number of benzene rings is 2. The van der Waals surface area contributed by atoms with Crippen LogP contribution in [0.3, 0.4) is 0 Å². The largest absolute Gasteiger partial charge is 0.456 e. The molecule has 0 aliphatic heterocycles. The van der Waals surface area contributed by atoms with Gasteiger partial charge in [0.05, 0.1) is 5.56 Å². The van der Waals surface area contributed by atoms with Crippen molar-refractivity contribution >= 4 is 15.9 Å². The van der Waals surface area contributed by atoms with Crippen LogP contribution >= 0.6 is 15.9 Å². The number of ether oxygens (including phenoxy) is 1. The summed E-state index contributed by atoms with van der Waals surface area (Å²) in [5, 5.41) is 8.93. The highest BCUT2D eigenvalue weighted by Gasteiger charge is 2.08. The number of hydrogen-bond donors (Lipinski definition) is 0. The van der Waals surface area contributed by atoms with Crippen molar-refractivity contribution < 1.29 is 9.13 Å². The fourth-order valence-electron chi connectivity index (χ4n) is 1.52. The molecule has 18 heavy (non-hydrogen) atoms. The molecule has 2 aromatic carbocycles. The average molecular weight is 306 g/mol. The van der Waals surface area contributed by atoms with E-state index >= 15 is 0 Å². The molecule has 0 unspecified atom stereocenters. The first-order valence-corrected chi connectivity index (χ1v) is 6.03. The Morgan fingerprint density at radius 2 is 1.89 bits per heavy atom. The lowest BCUT2D eigenvalue weighted by molar-refractivity contribution is 0.475. The van der Waals surface area contributed by atoms with Gasteiger partial charge in [0.1, 0.15) is 23.4 Å². The second-order valence-corrected chi connectivity index (χ2v) is 4.68. The minimum absolute atomic E-state index is 0.178. The van der Waals surface area contributed by atoms with Gasteiger partial charge in [0.15, 0.2) is 0 Å². The summed E-state index contributed by atoms with van der Waals surface area (Å²) in [4.78, 5) is 0. The van der Waals surface area contributed by atoms with E-state index in [1.165, 1.54) is 12.1 Å². The minimum Gasteiger partial charge on any atom is -0.456 e. The van der Waals surface area contributed by atoms with Crippen molar-refractivity contribution in [2.75, 3.05) is 0 Å². The van der Waals surface area contributed by atoms with Gasteiger partial charge in [0.25, 0.3) is 0 Å². The molecule has 0 bridgehead atoms. The molecule has 2 nitrogen and oxygen atoms in total. The number of hydrogen-bond acceptors (Lipinski definition) is 2. The normalized spacial score (nSPS) is 9.89. The lowest BCUT2D eigenvalue weighted by atomic mass is 10.2. The molecule has 0 saturated heterocycles. The first-order chi connectivity index (χ1) is 8.60. The summed E-state index contributed by atoms with van der Waals surface area (Å²) in [6.45, 7) is 1.90. The maximum Gasteiger partial charge on any atom is 0.145 e. The molecule has 90 valence electrons. The van der Waals surface area contributed by atoms with E-state index in [1.54, 1.807) is 6.07 Å². The molecule has 0 aliphatic rings. The minimum atomic E-state index is -0.452. The fourth-order valence-corrected chi connectivity index (χ4v) is 2.00. The molecule has 0 fully saturated rings. The van der Waals surface area contributed by atoms with E-state index in [1.807, 2.05) is 25.1 Å². The van der Waals surface area contributed by atoms with Gasteiger partial charge < -0.3 is 4.74 Å². The molecule has 0 atom stereocenters. The smallest absolute Gasteiger partial charge is 0.145 e. The molecule has 0 amide bonds. The van der Waals surface area contributed by atoms with E-state index < -0.39 is 5.82 Å². The maximum absolute atomic E-state index is 13.0. The van der Waals surface area contributed by atoms with Crippen LogP contribution in [0.4, 0.5) is 4.39 Å². The van der Waals surface area contributed by atoms with Crippen molar-refractivity contribution in [3.05, 3.63) is 57.8 Å². The molecular formula is C14H9BrFNO. The Balaban J connectivity index is 2.37. The van der Waals surface area contributed by atoms with Crippen LogP contribution < -0.4 is 4.74 Å². The second kappa shape index (κ2) is 5.19. The Morgan fingerprint density at radius 1 is 1.17 bits per heavy atom. The standard InChI is InChI=1S/C14H9BrFNO/c1-9-6-11(15)2-4-13(9)18-14-5-3-12(16)7-10(14)8-17/h2-7H,1H3. The zero-order valence-corrected chi connectivity index (χ0v) is 11.2. The third kappa shape index (κ3) is 2.69. The van der Waals surface area contributed by atoms with Crippen LogP contribution in [-0.2, 0) is 0 Å². The van der Waals surface area contributed by atoms with Gasteiger partial charge in [0, 0.05) is 4.47 Å². The van der Waals surface area contributed by atoms with Gasteiger partial charge in [-0.05, 0) is 48.9 Å². The zero-order chi connectivity index (χ0) is 13.1. The molecule has 2 aromatic rings. The first-order valence-electron chi connectivity index (χ1n) is 5.24. The summed E-state index contributed by atoms with van der Waals surface area (Å²) in [7, 11) is 0. The summed E-state index contributed by atoms with van der Waals surface area (Å²) >= 11 is 3.36. The quantitative estimate of drug-likeness (QED) is 0.815. The predicted molar refractivity (Wildman–Crippen MR) is 70.1 cm³/mol. The third-order valence-corrected chi connectivity index (χ3v) is 2.91. The van der Waals surface area contributed by atoms with Gasteiger partial charge in [-0.3, -0.25) is 0 Å². The number of halogens is 2. The predicted octanol–water partition coefficient (Wildman–Crippen LogP) is 4.56. The second-order valence-electron chi connectivity index (χ2n) is 3.76. The number of nitrogens with zero attached hydrogens (tertiary/aromatic N) is 1. The highest BCUT2D eigenvalue weighted by molar-refractivity contribution is 9.10. The highest BCUT2D eigenvalue weighted by atomic mass is 79.9. The molecular weight excluding hydrogens is 297 g/mol. The van der Waals surface area contributed by atoms with Crippen LogP contribution in [0.2, 0.25) is 0 Å². The fraction of sp³-hybridized carbons (Fsp3) is 0.0714. The van der Waals surface area contributed by atoms with Crippen LogP contribution in [0.5, 0.6) is 11.5 Å². The third-order valence-electron chi connectivity index (χ3n) is 2.42. The van der Waals surface area contributed by atoms with Crippen LogP contribution in [0.25, 0.3) is 0 Å². The monoisotopic (exact) mass is 305 g/mol. The van der Waals surface area contributed by atoms with Gasteiger partial charge in [-0.2, -0.15) is 5.26 Å². The summed E-state index contributed by atoms with van der Waals surface area (Å²) in [6.07, 6.45) is 0. The molecule has 2 rings (SSSR count). The first kappa shape index (κ1) is 12.6. The molecule has 0 heterocycles. The topological polar surface area (TPSA) is 33.0 Å². The van der Waals surface area contributed by atoms with Crippen molar-refractivity contribution in [1.82, 2.24) is 0 Å². The van der Waals surface area contributed by atoms with E-state index in [4.69, 9.17) is 10.00 Å². The lowest BCUT2D eigenvalue weighted by Crippen LogP contribution is -1.91. The molecule has 0 N–H and O–H groups in total. The van der Waals surface area contributed by atoms with Crippen LogP contribution in [-0.4, -0.2) is 0 Å². The van der Waals surface area contributed by atoms with E-state index in [0.29, 0.717) is 11.5 Å². The number of nitriles is 1. The lowest BCUT2D eigenvalue weighted by Gasteiger charge is -2.10. The van der Waals surface area contributed by atoms with Gasteiger partial charge >= 0.3 is 0 Å². The Bertz CT molecular complexity index is 634. The summed E-state index contributed by atoms with van der Waals surface area (Å²) in [5.74, 6) is 0.539. The molecule has 0 aromatic heterocycles. The van der Waals surface area contributed by atoms with E-state index in [2.05, 4.69) is 15.9 Å². The maximum atomic E-state index is 13.0. The van der Waals surface area contributed by atoms with Crippen molar-refractivity contribution in [1.29, 1.82) is 5.26 Å². The van der Waals surface area contributed by atoms with E-state index in [9.17, 15) is 4.39 Å². The van der Waals surface area contributed by atoms with Gasteiger partial charge in [-0.1, -0.05) is 15.9 Å². The number of rotatable bonds is 2. The molecule has 0 aliphatic carbocycles. The van der Waals surface area contributed by atoms with Crippen molar-refractivity contribution in [3.63, 3.8) is 0 Å².